The molecule has 0 atom stereocenters. The van der Waals surface area contributed by atoms with Gasteiger partial charge in [-0.3, -0.25) is 9.71 Å². The Bertz CT molecular complexity index is 1100. The molecule has 0 aliphatic carbocycles. The van der Waals surface area contributed by atoms with Crippen molar-refractivity contribution in [3.63, 3.8) is 0 Å². The topological polar surface area (TPSA) is 71.5 Å². The second-order valence-electron chi connectivity index (χ2n) is 6.23. The molecule has 6 nitrogen and oxygen atoms in total. The van der Waals surface area contributed by atoms with Crippen LogP contribution < -0.4 is 9.62 Å². The van der Waals surface area contributed by atoms with Gasteiger partial charge in [-0.05, 0) is 24.3 Å². The minimum Gasteiger partial charge on any atom is -0.383 e. The average molecular weight is 369 g/mol. The summed E-state index contributed by atoms with van der Waals surface area (Å²) < 4.78 is 33.3. The summed E-state index contributed by atoms with van der Waals surface area (Å²) in [5.41, 5.74) is 3.68. The highest BCUT2D eigenvalue weighted by Crippen LogP contribution is 2.45. The third-order valence-corrected chi connectivity index (χ3v) is 6.02. The highest BCUT2D eigenvalue weighted by Gasteiger charge is 2.30. The number of rotatable bonds is 4. The molecule has 0 saturated carbocycles. The van der Waals surface area contributed by atoms with E-state index in [0.29, 0.717) is 29.9 Å². The van der Waals surface area contributed by atoms with Crippen molar-refractivity contribution in [2.24, 2.45) is 0 Å². The number of hydrogen-bond acceptors (Lipinski definition) is 5. The monoisotopic (exact) mass is 369 g/mol. The van der Waals surface area contributed by atoms with E-state index in [1.165, 1.54) is 0 Å². The first-order valence-corrected chi connectivity index (χ1v) is 9.75. The summed E-state index contributed by atoms with van der Waals surface area (Å²) in [6.07, 6.45) is 1.68. The summed E-state index contributed by atoms with van der Waals surface area (Å²) in [6, 6.07) is 12.9. The van der Waals surface area contributed by atoms with Crippen LogP contribution in [0.1, 0.15) is 0 Å². The van der Waals surface area contributed by atoms with Crippen molar-refractivity contribution < 1.29 is 13.2 Å². The van der Waals surface area contributed by atoms with Crippen molar-refractivity contribution in [2.75, 3.05) is 36.9 Å². The molecule has 4 rings (SSSR count). The van der Waals surface area contributed by atoms with Crippen LogP contribution in [-0.4, -0.2) is 40.7 Å². The van der Waals surface area contributed by atoms with Crippen LogP contribution in [0.15, 0.2) is 53.6 Å². The molecule has 1 aliphatic rings. The van der Waals surface area contributed by atoms with Crippen molar-refractivity contribution in [1.82, 2.24) is 4.98 Å². The first-order chi connectivity index (χ1) is 12.5. The van der Waals surface area contributed by atoms with Crippen LogP contribution in [0.5, 0.6) is 0 Å². The molecule has 0 radical (unpaired) electrons. The SMILES string of the molecule is COCCN(C)c1cc2c(c3ncccc13)NS(=O)(=O)c1ccccc1-2. The van der Waals surface area contributed by atoms with Gasteiger partial charge in [0.2, 0.25) is 0 Å². The third-order valence-electron chi connectivity index (χ3n) is 4.62. The van der Waals surface area contributed by atoms with E-state index in [4.69, 9.17) is 4.74 Å². The zero-order chi connectivity index (χ0) is 18.3. The number of pyridine rings is 1. The van der Waals surface area contributed by atoms with Crippen LogP contribution in [0.2, 0.25) is 0 Å². The molecule has 0 saturated heterocycles. The molecule has 0 fully saturated rings. The van der Waals surface area contributed by atoms with E-state index in [0.717, 1.165) is 16.6 Å². The lowest BCUT2D eigenvalue weighted by Crippen LogP contribution is -2.24. The maximum Gasteiger partial charge on any atom is 0.262 e. The van der Waals surface area contributed by atoms with Gasteiger partial charge in [-0.15, -0.1) is 0 Å². The number of ether oxygens (including phenoxy) is 1. The van der Waals surface area contributed by atoms with Gasteiger partial charge in [0.1, 0.15) is 0 Å². The van der Waals surface area contributed by atoms with Gasteiger partial charge in [0.05, 0.1) is 22.7 Å². The first kappa shape index (κ1) is 16.8. The Morgan fingerprint density at radius 2 is 1.96 bits per heavy atom. The van der Waals surface area contributed by atoms with Crippen LogP contribution in [0.25, 0.3) is 22.0 Å². The van der Waals surface area contributed by atoms with Crippen molar-refractivity contribution in [2.45, 2.75) is 4.90 Å². The summed E-state index contributed by atoms with van der Waals surface area (Å²) in [4.78, 5) is 6.85. The second-order valence-corrected chi connectivity index (χ2v) is 7.88. The normalized spacial score (nSPS) is 14.4. The quantitative estimate of drug-likeness (QED) is 0.765. The van der Waals surface area contributed by atoms with Crippen LogP contribution in [0.3, 0.4) is 0 Å². The molecule has 134 valence electrons. The molecule has 0 amide bonds. The Morgan fingerprint density at radius 1 is 1.15 bits per heavy atom. The van der Waals surface area contributed by atoms with E-state index in [1.807, 2.05) is 37.4 Å². The molecule has 1 aliphatic heterocycles. The number of sulfonamides is 1. The fourth-order valence-electron chi connectivity index (χ4n) is 3.32. The van der Waals surface area contributed by atoms with Crippen LogP contribution in [-0.2, 0) is 14.8 Å². The number of fused-ring (bicyclic) bond motifs is 5. The predicted octanol–water partition coefficient (Wildman–Crippen LogP) is 3.10. The van der Waals surface area contributed by atoms with Crippen molar-refractivity contribution >= 4 is 32.3 Å². The minimum absolute atomic E-state index is 0.285. The maximum absolute atomic E-state index is 12.7. The third kappa shape index (κ3) is 2.60. The van der Waals surface area contributed by atoms with Gasteiger partial charge in [0, 0.05) is 49.1 Å². The van der Waals surface area contributed by atoms with E-state index in [1.54, 1.807) is 25.4 Å². The molecule has 2 heterocycles. The second kappa shape index (κ2) is 6.26. The number of nitrogens with one attached hydrogen (secondary N) is 1. The Morgan fingerprint density at radius 3 is 2.77 bits per heavy atom. The van der Waals surface area contributed by atoms with Gasteiger partial charge in [0.15, 0.2) is 0 Å². The largest absolute Gasteiger partial charge is 0.383 e. The number of likely N-dealkylation sites (N-methyl/N-ethyl adjacent to an activating group) is 1. The smallest absolute Gasteiger partial charge is 0.262 e. The highest BCUT2D eigenvalue weighted by atomic mass is 32.2. The fraction of sp³-hybridized carbons (Fsp3) is 0.211. The minimum atomic E-state index is -3.62. The number of methoxy groups -OCH3 is 1. The summed E-state index contributed by atoms with van der Waals surface area (Å²) in [5, 5.41) is 0.895. The molecule has 0 unspecified atom stereocenters. The predicted molar refractivity (Wildman–Crippen MR) is 103 cm³/mol. The average Bonchev–Trinajstić information content (AvgIpc) is 2.65. The van der Waals surface area contributed by atoms with Gasteiger partial charge < -0.3 is 9.64 Å². The number of anilines is 2. The maximum atomic E-state index is 12.7. The van der Waals surface area contributed by atoms with Crippen molar-refractivity contribution in [3.05, 3.63) is 48.7 Å². The Labute approximate surface area is 152 Å². The van der Waals surface area contributed by atoms with E-state index in [-0.39, 0.29) is 4.90 Å². The number of benzene rings is 2. The molecule has 7 heteroatoms. The zero-order valence-electron chi connectivity index (χ0n) is 14.6. The van der Waals surface area contributed by atoms with Gasteiger partial charge in [0.25, 0.3) is 10.0 Å². The summed E-state index contributed by atoms with van der Waals surface area (Å²) in [7, 11) is 0.0464. The van der Waals surface area contributed by atoms with Crippen LogP contribution >= 0.6 is 0 Å². The Balaban J connectivity index is 2.03. The molecule has 26 heavy (non-hydrogen) atoms. The van der Waals surface area contributed by atoms with Crippen molar-refractivity contribution in [1.29, 1.82) is 0 Å². The molecule has 0 spiro atoms. The molecule has 3 aromatic rings. The molecule has 1 aromatic heterocycles. The van der Waals surface area contributed by atoms with Gasteiger partial charge in [-0.2, -0.15) is 0 Å². The molecular formula is C19H19N3O3S. The lowest BCUT2D eigenvalue weighted by atomic mass is 9.99. The molecule has 0 bridgehead atoms. The van der Waals surface area contributed by atoms with Gasteiger partial charge in [-0.1, -0.05) is 18.2 Å². The lowest BCUT2D eigenvalue weighted by Gasteiger charge is -2.27. The first-order valence-electron chi connectivity index (χ1n) is 8.27. The lowest BCUT2D eigenvalue weighted by molar-refractivity contribution is 0.206. The van der Waals surface area contributed by atoms with Crippen LogP contribution in [0, 0.1) is 0 Å². The van der Waals surface area contributed by atoms with Gasteiger partial charge in [-0.25, -0.2) is 8.42 Å². The molecule has 2 aromatic carbocycles. The van der Waals surface area contributed by atoms with E-state index < -0.39 is 10.0 Å². The van der Waals surface area contributed by atoms with Gasteiger partial charge >= 0.3 is 0 Å². The standard InChI is InChI=1S/C19H19N3O3S/c1-22(10-11-25-2)16-12-15-13-6-3-4-8-17(13)26(23,24)21-19(15)18-14(16)7-5-9-20-18/h3-9,12,21H,10-11H2,1-2H3. The Hall–Kier alpha value is -2.64. The highest BCUT2D eigenvalue weighted by molar-refractivity contribution is 7.93. The summed E-state index contributed by atoms with van der Waals surface area (Å²) >= 11 is 0. The molecule has 1 N–H and O–H groups in total. The van der Waals surface area contributed by atoms with E-state index in [9.17, 15) is 8.42 Å². The number of hydrogen-bond donors (Lipinski definition) is 1. The van der Waals surface area contributed by atoms with E-state index in [2.05, 4.69) is 14.6 Å². The summed E-state index contributed by atoms with van der Waals surface area (Å²) in [6.45, 7) is 1.31. The number of nitrogens with zero attached hydrogens (tertiary/aromatic N) is 2. The van der Waals surface area contributed by atoms with E-state index >= 15 is 0 Å². The number of aromatic nitrogens is 1. The molecular weight excluding hydrogens is 350 g/mol. The fourth-order valence-corrected chi connectivity index (χ4v) is 4.63. The Kier molecular flexibility index (Phi) is 4.05. The summed E-state index contributed by atoms with van der Waals surface area (Å²) in [5.74, 6) is 0. The van der Waals surface area contributed by atoms with Crippen molar-refractivity contribution in [3.8, 4) is 11.1 Å². The zero-order valence-corrected chi connectivity index (χ0v) is 15.4. The van der Waals surface area contributed by atoms with Crippen LogP contribution in [0.4, 0.5) is 11.4 Å².